The zero-order chi connectivity index (χ0) is 12.0. The van der Waals surface area contributed by atoms with Gasteiger partial charge in [-0.3, -0.25) is 10.2 Å². The van der Waals surface area contributed by atoms with E-state index in [9.17, 15) is 4.79 Å². The largest absolute Gasteiger partial charge is 0.379 e. The minimum absolute atomic E-state index is 0.0366. The number of hydrogen-bond donors (Lipinski definition) is 3. The number of rotatable bonds is 4. The minimum Gasteiger partial charge on any atom is -0.379 e. The minimum atomic E-state index is -0.110. The van der Waals surface area contributed by atoms with Crippen LogP contribution in [0.1, 0.15) is 11.1 Å². The van der Waals surface area contributed by atoms with Crippen molar-refractivity contribution in [3.8, 4) is 0 Å². The molecule has 0 fully saturated rings. The van der Waals surface area contributed by atoms with Gasteiger partial charge < -0.3 is 11.1 Å². The highest BCUT2D eigenvalue weighted by Gasteiger charge is 2.02. The third-order valence-electron chi connectivity index (χ3n) is 1.97. The Bertz CT molecular complexity index is 375. The second-order valence-corrected chi connectivity index (χ2v) is 4.43. The molecule has 0 aliphatic heterocycles. The van der Waals surface area contributed by atoms with Gasteiger partial charge in [-0.25, -0.2) is 0 Å². The van der Waals surface area contributed by atoms with Crippen LogP contribution in [0.2, 0.25) is 0 Å². The Morgan fingerprint density at radius 1 is 1.44 bits per heavy atom. The van der Waals surface area contributed by atoms with Gasteiger partial charge in [0.05, 0.1) is 5.75 Å². The van der Waals surface area contributed by atoms with E-state index in [-0.39, 0.29) is 16.8 Å². The van der Waals surface area contributed by atoms with Crippen molar-refractivity contribution in [2.45, 2.75) is 13.5 Å². The molecule has 0 atom stereocenters. The Morgan fingerprint density at radius 3 is 2.62 bits per heavy atom. The Morgan fingerprint density at radius 2 is 2.06 bits per heavy atom. The number of amidine groups is 1. The standard InChI is InChI=1S/C11H15N3OS/c1-8-2-4-9(5-3-8)6-14-10(15)7-16-11(12)13/h2-5H,6-7H2,1H3,(H3,12,13)(H,14,15). The van der Waals surface area contributed by atoms with Gasteiger partial charge in [-0.2, -0.15) is 0 Å². The topological polar surface area (TPSA) is 79.0 Å². The first-order valence-electron chi connectivity index (χ1n) is 4.87. The normalized spacial score (nSPS) is 9.81. The van der Waals surface area contributed by atoms with Crippen molar-refractivity contribution >= 4 is 22.8 Å². The molecule has 0 aliphatic carbocycles. The maximum atomic E-state index is 11.3. The van der Waals surface area contributed by atoms with Crippen LogP contribution < -0.4 is 11.1 Å². The van der Waals surface area contributed by atoms with Gasteiger partial charge in [0, 0.05) is 6.54 Å². The molecule has 0 heterocycles. The van der Waals surface area contributed by atoms with Crippen molar-refractivity contribution in [1.29, 1.82) is 5.41 Å². The lowest BCUT2D eigenvalue weighted by Crippen LogP contribution is -2.25. The summed E-state index contributed by atoms with van der Waals surface area (Å²) in [6.07, 6.45) is 0. The average molecular weight is 237 g/mol. The predicted molar refractivity (Wildman–Crippen MR) is 67.4 cm³/mol. The number of nitrogens with one attached hydrogen (secondary N) is 2. The van der Waals surface area contributed by atoms with Gasteiger partial charge in [-0.05, 0) is 12.5 Å². The predicted octanol–water partition coefficient (Wildman–Crippen LogP) is 1.24. The Hall–Kier alpha value is -1.49. The van der Waals surface area contributed by atoms with E-state index >= 15 is 0 Å². The molecule has 5 heteroatoms. The first-order valence-corrected chi connectivity index (χ1v) is 5.85. The van der Waals surface area contributed by atoms with Crippen LogP contribution in [0.15, 0.2) is 24.3 Å². The Labute approximate surface area is 99.1 Å². The number of nitrogens with two attached hydrogens (primary N) is 1. The summed E-state index contributed by atoms with van der Waals surface area (Å²) in [6, 6.07) is 7.97. The van der Waals surface area contributed by atoms with Gasteiger partial charge in [0.2, 0.25) is 5.91 Å². The fourth-order valence-corrected chi connectivity index (χ4v) is 1.49. The number of aryl methyl sites for hydroxylation is 1. The molecule has 0 radical (unpaired) electrons. The Kier molecular flexibility index (Phi) is 4.85. The van der Waals surface area contributed by atoms with Crippen molar-refractivity contribution in [1.82, 2.24) is 5.32 Å². The third kappa shape index (κ3) is 4.84. The van der Waals surface area contributed by atoms with Gasteiger partial charge in [0.1, 0.15) is 0 Å². The molecule has 1 rings (SSSR count). The van der Waals surface area contributed by atoms with E-state index in [1.807, 2.05) is 31.2 Å². The highest BCUT2D eigenvalue weighted by molar-refractivity contribution is 8.14. The summed E-state index contributed by atoms with van der Waals surface area (Å²) in [6.45, 7) is 2.53. The van der Waals surface area contributed by atoms with Crippen LogP contribution >= 0.6 is 11.8 Å². The van der Waals surface area contributed by atoms with Crippen molar-refractivity contribution < 1.29 is 4.79 Å². The number of hydrogen-bond acceptors (Lipinski definition) is 3. The first kappa shape index (κ1) is 12.6. The molecule has 0 bridgehead atoms. The maximum absolute atomic E-state index is 11.3. The zero-order valence-corrected chi connectivity index (χ0v) is 9.93. The molecule has 4 N–H and O–H groups in total. The van der Waals surface area contributed by atoms with E-state index in [0.717, 1.165) is 17.3 Å². The quantitative estimate of drug-likeness (QED) is 0.544. The fraction of sp³-hybridized carbons (Fsp3) is 0.273. The fourth-order valence-electron chi connectivity index (χ4n) is 1.10. The number of carbonyl (C=O) groups is 1. The zero-order valence-electron chi connectivity index (χ0n) is 9.12. The lowest BCUT2D eigenvalue weighted by molar-refractivity contribution is -0.118. The summed E-state index contributed by atoms with van der Waals surface area (Å²) in [4.78, 5) is 11.3. The van der Waals surface area contributed by atoms with Gasteiger partial charge in [0.15, 0.2) is 5.17 Å². The van der Waals surface area contributed by atoms with Gasteiger partial charge in [0.25, 0.3) is 0 Å². The lowest BCUT2D eigenvalue weighted by Gasteiger charge is -2.05. The first-order chi connectivity index (χ1) is 7.58. The van der Waals surface area contributed by atoms with E-state index in [2.05, 4.69) is 5.32 Å². The van der Waals surface area contributed by atoms with E-state index < -0.39 is 0 Å². The van der Waals surface area contributed by atoms with Gasteiger partial charge >= 0.3 is 0 Å². The van der Waals surface area contributed by atoms with Crippen LogP contribution in [0.5, 0.6) is 0 Å². The summed E-state index contributed by atoms with van der Waals surface area (Å²) >= 11 is 1.03. The van der Waals surface area contributed by atoms with Gasteiger partial charge in [-0.15, -0.1) is 0 Å². The number of amides is 1. The summed E-state index contributed by atoms with van der Waals surface area (Å²) in [7, 11) is 0. The molecule has 0 aliphatic rings. The number of thioether (sulfide) groups is 1. The van der Waals surface area contributed by atoms with Crippen LogP contribution in [0.4, 0.5) is 0 Å². The third-order valence-corrected chi connectivity index (χ3v) is 2.69. The molecule has 1 aromatic carbocycles. The molecule has 0 saturated carbocycles. The SMILES string of the molecule is Cc1ccc(CNC(=O)CSC(=N)N)cc1. The molecule has 1 aromatic rings. The van der Waals surface area contributed by atoms with Crippen LogP contribution in [0.25, 0.3) is 0 Å². The van der Waals surface area contributed by atoms with E-state index in [0.29, 0.717) is 6.54 Å². The van der Waals surface area contributed by atoms with Crippen molar-refractivity contribution in [3.63, 3.8) is 0 Å². The molecule has 4 nitrogen and oxygen atoms in total. The summed E-state index contributed by atoms with van der Waals surface area (Å²) in [5.74, 6) is 0.0852. The second kappa shape index (κ2) is 6.17. The average Bonchev–Trinajstić information content (AvgIpc) is 2.25. The number of carbonyl (C=O) groups excluding carboxylic acids is 1. The Balaban J connectivity index is 2.31. The molecular formula is C11H15N3OS. The molecule has 0 unspecified atom stereocenters. The highest BCUT2D eigenvalue weighted by atomic mass is 32.2. The summed E-state index contributed by atoms with van der Waals surface area (Å²) in [5, 5.41) is 9.69. The molecule has 0 saturated heterocycles. The summed E-state index contributed by atoms with van der Waals surface area (Å²) < 4.78 is 0. The summed E-state index contributed by atoms with van der Waals surface area (Å²) in [5.41, 5.74) is 7.39. The monoisotopic (exact) mass is 237 g/mol. The van der Waals surface area contributed by atoms with Crippen molar-refractivity contribution in [2.75, 3.05) is 5.75 Å². The number of benzene rings is 1. The maximum Gasteiger partial charge on any atom is 0.230 e. The molecule has 86 valence electrons. The van der Waals surface area contributed by atoms with E-state index in [1.165, 1.54) is 5.56 Å². The molecule has 1 amide bonds. The van der Waals surface area contributed by atoms with Crippen LogP contribution in [-0.4, -0.2) is 16.8 Å². The smallest absolute Gasteiger partial charge is 0.230 e. The van der Waals surface area contributed by atoms with Crippen LogP contribution in [0.3, 0.4) is 0 Å². The lowest BCUT2D eigenvalue weighted by atomic mass is 10.1. The van der Waals surface area contributed by atoms with Crippen LogP contribution in [-0.2, 0) is 11.3 Å². The van der Waals surface area contributed by atoms with Gasteiger partial charge in [-0.1, -0.05) is 41.6 Å². The molecular weight excluding hydrogens is 222 g/mol. The molecule has 0 aromatic heterocycles. The van der Waals surface area contributed by atoms with Crippen molar-refractivity contribution in [3.05, 3.63) is 35.4 Å². The van der Waals surface area contributed by atoms with Crippen molar-refractivity contribution in [2.24, 2.45) is 5.73 Å². The molecule has 0 spiro atoms. The highest BCUT2D eigenvalue weighted by Crippen LogP contribution is 2.03. The van der Waals surface area contributed by atoms with Crippen LogP contribution in [0, 0.1) is 12.3 Å². The van der Waals surface area contributed by atoms with E-state index in [1.54, 1.807) is 0 Å². The second-order valence-electron chi connectivity index (χ2n) is 3.42. The van der Waals surface area contributed by atoms with E-state index in [4.69, 9.17) is 11.1 Å². The molecule has 16 heavy (non-hydrogen) atoms.